The van der Waals surface area contributed by atoms with Crippen molar-refractivity contribution in [3.05, 3.63) is 18.0 Å². The molecule has 1 heterocycles. The van der Waals surface area contributed by atoms with Crippen LogP contribution in [-0.4, -0.2) is 27.3 Å². The number of rotatable bonds is 5. The van der Waals surface area contributed by atoms with Gasteiger partial charge in [0.1, 0.15) is 0 Å². The van der Waals surface area contributed by atoms with Crippen LogP contribution in [0.4, 0.5) is 0 Å². The van der Waals surface area contributed by atoms with Crippen LogP contribution in [-0.2, 0) is 13.6 Å². The van der Waals surface area contributed by atoms with Gasteiger partial charge in [0.2, 0.25) is 0 Å². The normalized spacial score (nSPS) is 18.8. The highest BCUT2D eigenvalue weighted by Crippen LogP contribution is 2.42. The van der Waals surface area contributed by atoms with Gasteiger partial charge >= 0.3 is 0 Å². The summed E-state index contributed by atoms with van der Waals surface area (Å²) in [5.41, 5.74) is 1.26. The van der Waals surface area contributed by atoms with Crippen molar-refractivity contribution in [3.63, 3.8) is 0 Å². The molecule has 0 atom stereocenters. The zero-order valence-corrected chi connectivity index (χ0v) is 10.3. The summed E-state index contributed by atoms with van der Waals surface area (Å²) in [6.45, 7) is 2.05. The molecule has 0 spiro atoms. The molecule has 0 radical (unpaired) electrons. The predicted molar refractivity (Wildman–Crippen MR) is 65.0 cm³/mol. The van der Waals surface area contributed by atoms with Crippen molar-refractivity contribution in [2.75, 3.05) is 12.8 Å². The average Bonchev–Trinajstić information content (AvgIpc) is 2.57. The lowest BCUT2D eigenvalue weighted by Crippen LogP contribution is -2.43. The van der Waals surface area contributed by atoms with Gasteiger partial charge in [0, 0.05) is 31.1 Å². The Bertz CT molecular complexity index is 312. The second-order valence-electron chi connectivity index (χ2n) is 4.29. The van der Waals surface area contributed by atoms with Crippen LogP contribution < -0.4 is 5.32 Å². The fourth-order valence-electron chi connectivity index (χ4n) is 2.02. The SMILES string of the molecule is CSC1(CNCc2ccnn2C)CCC1. The molecule has 3 nitrogen and oxygen atoms in total. The van der Waals surface area contributed by atoms with Crippen molar-refractivity contribution in [3.8, 4) is 0 Å². The third-order valence-corrected chi connectivity index (χ3v) is 4.79. The molecule has 1 aromatic heterocycles. The monoisotopic (exact) mass is 225 g/mol. The smallest absolute Gasteiger partial charge is 0.0518 e. The Morgan fingerprint density at radius 3 is 2.87 bits per heavy atom. The van der Waals surface area contributed by atoms with E-state index < -0.39 is 0 Å². The Kier molecular flexibility index (Phi) is 3.36. The number of nitrogens with one attached hydrogen (secondary N) is 1. The molecule has 2 rings (SSSR count). The van der Waals surface area contributed by atoms with E-state index in [2.05, 4.69) is 22.7 Å². The zero-order chi connectivity index (χ0) is 10.7. The van der Waals surface area contributed by atoms with Crippen LogP contribution in [0.1, 0.15) is 25.0 Å². The molecule has 0 amide bonds. The van der Waals surface area contributed by atoms with Gasteiger partial charge in [0.15, 0.2) is 0 Å². The summed E-state index contributed by atoms with van der Waals surface area (Å²) in [5.74, 6) is 0. The van der Waals surface area contributed by atoms with Crippen LogP contribution in [0.15, 0.2) is 12.3 Å². The molecule has 15 heavy (non-hydrogen) atoms. The number of aromatic nitrogens is 2. The standard InChI is InChI=1S/C11H19N3S/c1-14-10(4-7-13-14)8-12-9-11(15-2)5-3-6-11/h4,7,12H,3,5-6,8-9H2,1-2H3. The van der Waals surface area contributed by atoms with Crippen molar-refractivity contribution in [1.29, 1.82) is 0 Å². The Morgan fingerprint density at radius 2 is 2.40 bits per heavy atom. The van der Waals surface area contributed by atoms with Gasteiger partial charge in [-0.15, -0.1) is 0 Å². The minimum Gasteiger partial charge on any atom is -0.310 e. The third-order valence-electron chi connectivity index (χ3n) is 3.37. The molecular weight excluding hydrogens is 206 g/mol. The number of aryl methyl sites for hydroxylation is 1. The Labute approximate surface area is 95.6 Å². The quantitative estimate of drug-likeness (QED) is 0.828. The first-order valence-corrected chi connectivity index (χ1v) is 6.71. The second-order valence-corrected chi connectivity index (χ2v) is 5.56. The molecule has 0 unspecified atom stereocenters. The largest absolute Gasteiger partial charge is 0.310 e. The first kappa shape index (κ1) is 11.0. The van der Waals surface area contributed by atoms with Crippen molar-refractivity contribution in [2.24, 2.45) is 7.05 Å². The molecule has 1 fully saturated rings. The molecule has 84 valence electrons. The molecule has 0 bridgehead atoms. The third kappa shape index (κ3) is 2.37. The average molecular weight is 225 g/mol. The van der Waals surface area contributed by atoms with Gasteiger partial charge in [-0.2, -0.15) is 16.9 Å². The van der Waals surface area contributed by atoms with E-state index in [1.54, 1.807) is 0 Å². The molecule has 1 N–H and O–H groups in total. The predicted octanol–water partition coefficient (Wildman–Crippen LogP) is 1.80. The number of nitrogens with zero attached hydrogens (tertiary/aromatic N) is 2. The lowest BCUT2D eigenvalue weighted by atomic mass is 9.84. The molecule has 0 aromatic carbocycles. The molecule has 0 aliphatic heterocycles. The zero-order valence-electron chi connectivity index (χ0n) is 9.49. The maximum absolute atomic E-state index is 4.16. The van der Waals surface area contributed by atoms with E-state index in [1.807, 2.05) is 29.7 Å². The van der Waals surface area contributed by atoms with E-state index in [0.29, 0.717) is 4.75 Å². The van der Waals surface area contributed by atoms with E-state index in [4.69, 9.17) is 0 Å². The van der Waals surface area contributed by atoms with E-state index in [0.717, 1.165) is 13.1 Å². The molecule has 4 heteroatoms. The fraction of sp³-hybridized carbons (Fsp3) is 0.727. The molecule has 1 aliphatic rings. The number of hydrogen-bond donors (Lipinski definition) is 1. The number of thioether (sulfide) groups is 1. The summed E-state index contributed by atoms with van der Waals surface area (Å²) in [6.07, 6.45) is 8.21. The molecular formula is C11H19N3S. The lowest BCUT2D eigenvalue weighted by Gasteiger charge is -2.40. The minimum atomic E-state index is 0.526. The Hall–Kier alpha value is -0.480. The topological polar surface area (TPSA) is 29.9 Å². The Balaban J connectivity index is 1.77. The highest BCUT2D eigenvalue weighted by atomic mass is 32.2. The summed E-state index contributed by atoms with van der Waals surface area (Å²) in [7, 11) is 1.99. The van der Waals surface area contributed by atoms with Gasteiger partial charge in [-0.1, -0.05) is 6.42 Å². The highest BCUT2D eigenvalue weighted by Gasteiger charge is 2.35. The van der Waals surface area contributed by atoms with E-state index in [1.165, 1.54) is 25.0 Å². The van der Waals surface area contributed by atoms with Crippen molar-refractivity contribution in [1.82, 2.24) is 15.1 Å². The highest BCUT2D eigenvalue weighted by molar-refractivity contribution is 8.00. The van der Waals surface area contributed by atoms with Gasteiger partial charge in [-0.3, -0.25) is 4.68 Å². The van der Waals surface area contributed by atoms with Gasteiger partial charge < -0.3 is 5.32 Å². The van der Waals surface area contributed by atoms with Crippen molar-refractivity contribution in [2.45, 2.75) is 30.6 Å². The van der Waals surface area contributed by atoms with Gasteiger partial charge in [-0.25, -0.2) is 0 Å². The van der Waals surface area contributed by atoms with Crippen molar-refractivity contribution < 1.29 is 0 Å². The summed E-state index contributed by atoms with van der Waals surface area (Å²) in [4.78, 5) is 0. The molecule has 1 aromatic rings. The van der Waals surface area contributed by atoms with Crippen LogP contribution in [0.3, 0.4) is 0 Å². The van der Waals surface area contributed by atoms with Gasteiger partial charge in [0.25, 0.3) is 0 Å². The first-order chi connectivity index (χ1) is 7.26. The van der Waals surface area contributed by atoms with Gasteiger partial charge in [-0.05, 0) is 25.2 Å². The minimum absolute atomic E-state index is 0.526. The lowest BCUT2D eigenvalue weighted by molar-refractivity contribution is 0.344. The van der Waals surface area contributed by atoms with E-state index in [9.17, 15) is 0 Å². The summed E-state index contributed by atoms with van der Waals surface area (Å²) >= 11 is 2.02. The summed E-state index contributed by atoms with van der Waals surface area (Å²) < 4.78 is 2.46. The molecule has 0 saturated heterocycles. The van der Waals surface area contributed by atoms with Gasteiger partial charge in [0.05, 0.1) is 5.69 Å². The maximum atomic E-state index is 4.16. The Morgan fingerprint density at radius 1 is 1.60 bits per heavy atom. The van der Waals surface area contributed by atoms with Crippen molar-refractivity contribution >= 4 is 11.8 Å². The van der Waals surface area contributed by atoms with Crippen LogP contribution in [0.25, 0.3) is 0 Å². The first-order valence-electron chi connectivity index (χ1n) is 5.48. The fourth-order valence-corrected chi connectivity index (χ4v) is 2.96. The molecule has 1 aliphatic carbocycles. The van der Waals surface area contributed by atoms with Crippen LogP contribution in [0.5, 0.6) is 0 Å². The van der Waals surface area contributed by atoms with E-state index in [-0.39, 0.29) is 0 Å². The van der Waals surface area contributed by atoms with Crippen LogP contribution >= 0.6 is 11.8 Å². The maximum Gasteiger partial charge on any atom is 0.0518 e. The summed E-state index contributed by atoms with van der Waals surface area (Å²) in [5, 5.41) is 7.70. The van der Waals surface area contributed by atoms with Crippen LogP contribution in [0.2, 0.25) is 0 Å². The van der Waals surface area contributed by atoms with Crippen LogP contribution in [0, 0.1) is 0 Å². The van der Waals surface area contributed by atoms with E-state index >= 15 is 0 Å². The molecule has 1 saturated carbocycles. The summed E-state index contributed by atoms with van der Waals surface area (Å²) in [6, 6.07) is 2.07. The second kappa shape index (κ2) is 4.58. The number of hydrogen-bond acceptors (Lipinski definition) is 3.